The molecule has 0 radical (unpaired) electrons. The summed E-state index contributed by atoms with van der Waals surface area (Å²) < 4.78 is 0. The van der Waals surface area contributed by atoms with Crippen molar-refractivity contribution < 1.29 is 9.59 Å². The first-order chi connectivity index (χ1) is 14.6. The van der Waals surface area contributed by atoms with Crippen molar-refractivity contribution in [1.82, 2.24) is 0 Å². The third-order valence-electron chi connectivity index (χ3n) is 4.89. The molecule has 3 aromatic rings. The van der Waals surface area contributed by atoms with Gasteiger partial charge in [-0.25, -0.2) is 0 Å². The van der Waals surface area contributed by atoms with Crippen LogP contribution in [0.15, 0.2) is 104 Å². The first kappa shape index (κ1) is 21.0. The van der Waals surface area contributed by atoms with Gasteiger partial charge in [-0.15, -0.1) is 6.58 Å². The summed E-state index contributed by atoms with van der Waals surface area (Å²) in [4.78, 5) is 27.7. The van der Waals surface area contributed by atoms with E-state index in [1.165, 1.54) is 0 Å². The second kappa shape index (κ2) is 10.2. The minimum atomic E-state index is -0.112. The minimum absolute atomic E-state index is 0.0180. The molecule has 0 atom stereocenters. The van der Waals surface area contributed by atoms with E-state index in [-0.39, 0.29) is 18.0 Å². The van der Waals surface area contributed by atoms with E-state index in [4.69, 9.17) is 0 Å². The molecular formula is C27H25NO2. The number of carbonyl (C=O) groups excluding carboxylic acids is 2. The fourth-order valence-electron chi connectivity index (χ4n) is 3.21. The molecule has 3 heteroatoms. The number of Topliss-reactive ketones (excluding diaryl/α,β-unsaturated/α-hetero) is 1. The minimum Gasteiger partial charge on any atom is -0.371 e. The molecule has 30 heavy (non-hydrogen) atoms. The lowest BCUT2D eigenvalue weighted by Crippen LogP contribution is -2.16. The predicted molar refractivity (Wildman–Crippen MR) is 124 cm³/mol. The first-order valence-corrected chi connectivity index (χ1v) is 9.89. The number of anilines is 1. The maximum atomic E-state index is 12.8. The van der Waals surface area contributed by atoms with Crippen LogP contribution in [0.4, 0.5) is 5.69 Å². The van der Waals surface area contributed by atoms with E-state index in [0.29, 0.717) is 16.7 Å². The van der Waals surface area contributed by atoms with Gasteiger partial charge in [0.05, 0.1) is 0 Å². The van der Waals surface area contributed by atoms with Gasteiger partial charge >= 0.3 is 0 Å². The molecular weight excluding hydrogens is 370 g/mol. The van der Waals surface area contributed by atoms with Crippen LogP contribution in [0.1, 0.15) is 32.7 Å². The number of hydrogen-bond acceptors (Lipinski definition) is 3. The summed E-state index contributed by atoms with van der Waals surface area (Å²) in [5.41, 5.74) is 3.85. The third kappa shape index (κ3) is 5.42. The lowest BCUT2D eigenvalue weighted by Gasteiger charge is -2.18. The number of likely N-dealkylation sites (N-methyl/N-ethyl adjacent to an activating group) is 1. The molecule has 0 amide bonds. The van der Waals surface area contributed by atoms with Crippen molar-refractivity contribution in [3.8, 4) is 0 Å². The van der Waals surface area contributed by atoms with Gasteiger partial charge in [0.15, 0.2) is 11.6 Å². The van der Waals surface area contributed by atoms with Crippen molar-refractivity contribution in [3.05, 3.63) is 120 Å². The van der Waals surface area contributed by atoms with Crippen LogP contribution in [0.2, 0.25) is 0 Å². The Bertz CT molecular complexity index is 1040. The lowest BCUT2D eigenvalue weighted by molar-refractivity contribution is 0.0998. The van der Waals surface area contributed by atoms with Gasteiger partial charge in [-0.05, 0) is 29.3 Å². The average Bonchev–Trinajstić information content (AvgIpc) is 2.80. The van der Waals surface area contributed by atoms with Crippen LogP contribution in [0.25, 0.3) is 5.57 Å². The monoisotopic (exact) mass is 395 g/mol. The Hall–Kier alpha value is -3.72. The Labute approximate surface area is 178 Å². The molecule has 0 aliphatic carbocycles. The van der Waals surface area contributed by atoms with Crippen LogP contribution < -0.4 is 4.90 Å². The van der Waals surface area contributed by atoms with Crippen molar-refractivity contribution in [1.29, 1.82) is 0 Å². The summed E-state index contributed by atoms with van der Waals surface area (Å²) in [5, 5.41) is 0. The summed E-state index contributed by atoms with van der Waals surface area (Å²) in [6.07, 6.45) is 3.58. The van der Waals surface area contributed by atoms with E-state index in [1.54, 1.807) is 30.3 Å². The van der Waals surface area contributed by atoms with Gasteiger partial charge in [0, 0.05) is 36.8 Å². The highest BCUT2D eigenvalue weighted by Gasteiger charge is 2.13. The maximum absolute atomic E-state index is 12.8. The summed E-state index contributed by atoms with van der Waals surface area (Å²) >= 11 is 0. The highest BCUT2D eigenvalue weighted by Crippen LogP contribution is 2.24. The van der Waals surface area contributed by atoms with Crippen molar-refractivity contribution in [3.63, 3.8) is 0 Å². The van der Waals surface area contributed by atoms with Gasteiger partial charge in [0.25, 0.3) is 0 Å². The van der Waals surface area contributed by atoms with Crippen LogP contribution >= 0.6 is 0 Å². The quantitative estimate of drug-likeness (QED) is 0.259. The van der Waals surface area contributed by atoms with Gasteiger partial charge in [0.1, 0.15) is 0 Å². The van der Waals surface area contributed by atoms with Crippen LogP contribution in [0.5, 0.6) is 0 Å². The number of hydrogen-bond donors (Lipinski definition) is 0. The van der Waals surface area contributed by atoms with Gasteiger partial charge in [0.2, 0.25) is 0 Å². The maximum Gasteiger partial charge on any atom is 0.186 e. The normalized spacial score (nSPS) is 11.0. The number of carbonyl (C=O) groups is 2. The Kier molecular flexibility index (Phi) is 7.12. The first-order valence-electron chi connectivity index (χ1n) is 9.89. The van der Waals surface area contributed by atoms with Gasteiger partial charge < -0.3 is 4.90 Å². The van der Waals surface area contributed by atoms with Crippen molar-refractivity contribution in [2.24, 2.45) is 0 Å². The zero-order valence-electron chi connectivity index (χ0n) is 17.1. The summed E-state index contributed by atoms with van der Waals surface area (Å²) in [5.74, 6) is -0.130. The number of ketones is 2. The zero-order valence-corrected chi connectivity index (χ0v) is 17.1. The average molecular weight is 396 g/mol. The second-order valence-corrected chi connectivity index (χ2v) is 7.08. The molecule has 0 aliphatic rings. The molecule has 0 unspecified atom stereocenters. The molecule has 0 saturated carbocycles. The predicted octanol–water partition coefficient (Wildman–Crippen LogP) is 5.85. The van der Waals surface area contributed by atoms with E-state index in [0.717, 1.165) is 17.8 Å². The SMILES string of the molecule is C=CCN(C)c1ccc(/C(=C/C(=O)c2ccccc2)CC(=O)c2ccccc2)cc1. The second-order valence-electron chi connectivity index (χ2n) is 7.08. The van der Waals surface area contributed by atoms with E-state index in [1.807, 2.05) is 73.8 Å². The molecule has 0 aromatic heterocycles. The van der Waals surface area contributed by atoms with E-state index < -0.39 is 0 Å². The molecule has 0 saturated heterocycles. The molecule has 3 rings (SSSR count). The Morgan fingerprint density at radius 1 is 0.800 bits per heavy atom. The number of nitrogens with zero attached hydrogens (tertiary/aromatic N) is 1. The topological polar surface area (TPSA) is 37.4 Å². The smallest absolute Gasteiger partial charge is 0.186 e. The van der Waals surface area contributed by atoms with E-state index >= 15 is 0 Å². The molecule has 150 valence electrons. The highest BCUT2D eigenvalue weighted by molar-refractivity contribution is 6.11. The number of rotatable bonds is 9. The van der Waals surface area contributed by atoms with Crippen molar-refractivity contribution in [2.45, 2.75) is 6.42 Å². The number of benzene rings is 3. The molecule has 0 N–H and O–H groups in total. The summed E-state index contributed by atoms with van der Waals surface area (Å²) in [6, 6.07) is 26.2. The fraction of sp³-hybridized carbons (Fsp3) is 0.111. The van der Waals surface area contributed by atoms with Crippen LogP contribution in [0, 0.1) is 0 Å². The summed E-state index contributed by atoms with van der Waals surface area (Å²) in [7, 11) is 1.99. The summed E-state index contributed by atoms with van der Waals surface area (Å²) in [6.45, 7) is 4.51. The largest absolute Gasteiger partial charge is 0.371 e. The lowest BCUT2D eigenvalue weighted by atomic mass is 9.95. The van der Waals surface area contributed by atoms with E-state index in [9.17, 15) is 9.59 Å². The Morgan fingerprint density at radius 3 is 1.93 bits per heavy atom. The molecule has 0 aliphatic heterocycles. The molecule has 0 fully saturated rings. The van der Waals surface area contributed by atoms with Crippen LogP contribution in [-0.4, -0.2) is 25.2 Å². The third-order valence-corrected chi connectivity index (χ3v) is 4.89. The molecule has 3 aromatic carbocycles. The Morgan fingerprint density at radius 2 is 1.37 bits per heavy atom. The van der Waals surface area contributed by atoms with E-state index in [2.05, 4.69) is 11.5 Å². The van der Waals surface area contributed by atoms with Crippen LogP contribution in [-0.2, 0) is 0 Å². The fourth-order valence-corrected chi connectivity index (χ4v) is 3.21. The van der Waals surface area contributed by atoms with Gasteiger partial charge in [-0.1, -0.05) is 78.9 Å². The Balaban J connectivity index is 1.92. The zero-order chi connectivity index (χ0) is 21.3. The van der Waals surface area contributed by atoms with Crippen molar-refractivity contribution in [2.75, 3.05) is 18.5 Å². The van der Waals surface area contributed by atoms with Gasteiger partial charge in [-0.2, -0.15) is 0 Å². The van der Waals surface area contributed by atoms with Crippen LogP contribution in [0.3, 0.4) is 0 Å². The molecule has 3 nitrogen and oxygen atoms in total. The highest BCUT2D eigenvalue weighted by atomic mass is 16.1. The van der Waals surface area contributed by atoms with Crippen molar-refractivity contribution >= 4 is 22.8 Å². The molecule has 0 spiro atoms. The van der Waals surface area contributed by atoms with Gasteiger partial charge in [-0.3, -0.25) is 9.59 Å². The molecule has 0 bridgehead atoms. The molecule has 0 heterocycles. The number of allylic oxidation sites excluding steroid dienone is 2. The standard InChI is InChI=1S/C27H25NO2/c1-3-18-28(2)25-16-14-21(15-17-25)24(19-26(29)22-10-6-4-7-11-22)20-27(30)23-12-8-5-9-13-23/h3-17,19H,1,18,20H2,2H3/b24-19+.